The molecule has 0 spiro atoms. The average molecular weight is 286 g/mol. The Bertz CT molecular complexity index is 616. The van der Waals surface area contributed by atoms with E-state index in [0.717, 1.165) is 17.7 Å². The Kier molecular flexibility index (Phi) is 4.81. The van der Waals surface area contributed by atoms with Gasteiger partial charge in [-0.1, -0.05) is 6.92 Å². The Labute approximate surface area is 123 Å². The number of hydrogen-bond donors (Lipinski definition) is 1. The molecule has 0 aromatic carbocycles. The number of carboxylic acids is 1. The minimum Gasteiger partial charge on any atom is -0.480 e. The first-order valence-corrected chi connectivity index (χ1v) is 6.83. The molecule has 0 aliphatic carbocycles. The third-order valence-electron chi connectivity index (χ3n) is 2.92. The van der Waals surface area contributed by atoms with Crippen LogP contribution < -0.4 is 4.90 Å². The molecule has 0 saturated carbocycles. The second-order valence-electron chi connectivity index (χ2n) is 4.74. The van der Waals surface area contributed by atoms with E-state index in [1.807, 2.05) is 32.0 Å². The molecule has 6 nitrogen and oxygen atoms in total. The highest BCUT2D eigenvalue weighted by molar-refractivity contribution is 5.73. The first kappa shape index (κ1) is 14.9. The minimum absolute atomic E-state index is 0.0694. The molecule has 0 bridgehead atoms. The molecule has 2 aromatic rings. The number of anilines is 1. The van der Waals surface area contributed by atoms with Crippen LogP contribution in [0.15, 0.2) is 30.6 Å². The van der Waals surface area contributed by atoms with Crippen molar-refractivity contribution in [3.63, 3.8) is 0 Å². The van der Waals surface area contributed by atoms with Crippen LogP contribution in [-0.4, -0.2) is 39.1 Å². The molecule has 0 saturated heterocycles. The molecule has 110 valence electrons. The van der Waals surface area contributed by atoms with Crippen LogP contribution in [0.5, 0.6) is 0 Å². The average Bonchev–Trinajstić information content (AvgIpc) is 2.47. The summed E-state index contributed by atoms with van der Waals surface area (Å²) in [6.45, 7) is 4.45. The second kappa shape index (κ2) is 6.78. The number of rotatable bonds is 6. The fourth-order valence-corrected chi connectivity index (χ4v) is 2.05. The molecule has 0 fully saturated rings. The zero-order chi connectivity index (χ0) is 15.2. The lowest BCUT2D eigenvalue weighted by Gasteiger charge is -2.21. The lowest BCUT2D eigenvalue weighted by Crippen LogP contribution is -2.31. The molecule has 2 aromatic heterocycles. The predicted octanol–water partition coefficient (Wildman–Crippen LogP) is 2.15. The number of carbonyl (C=O) groups is 1. The summed E-state index contributed by atoms with van der Waals surface area (Å²) in [6.07, 6.45) is 4.21. The van der Waals surface area contributed by atoms with Gasteiger partial charge >= 0.3 is 5.97 Å². The first-order valence-electron chi connectivity index (χ1n) is 6.83. The van der Waals surface area contributed by atoms with Crippen molar-refractivity contribution in [2.24, 2.45) is 0 Å². The molecular weight excluding hydrogens is 268 g/mol. The third-order valence-corrected chi connectivity index (χ3v) is 2.92. The Balaban J connectivity index is 2.39. The van der Waals surface area contributed by atoms with Gasteiger partial charge in [0.2, 0.25) is 0 Å². The number of pyridine rings is 1. The van der Waals surface area contributed by atoms with Crippen LogP contribution in [-0.2, 0) is 4.79 Å². The number of nitrogens with zero attached hydrogens (tertiary/aromatic N) is 4. The summed E-state index contributed by atoms with van der Waals surface area (Å²) in [4.78, 5) is 25.6. The van der Waals surface area contributed by atoms with Gasteiger partial charge in [-0.2, -0.15) is 0 Å². The summed E-state index contributed by atoms with van der Waals surface area (Å²) in [5.41, 5.74) is 1.67. The summed E-state index contributed by atoms with van der Waals surface area (Å²) in [5.74, 6) is 0.350. The highest BCUT2D eigenvalue weighted by atomic mass is 16.4. The highest BCUT2D eigenvalue weighted by Gasteiger charge is 2.13. The van der Waals surface area contributed by atoms with E-state index in [4.69, 9.17) is 5.11 Å². The Morgan fingerprint density at radius 2 is 2.00 bits per heavy atom. The van der Waals surface area contributed by atoms with Crippen LogP contribution in [0, 0.1) is 6.92 Å². The van der Waals surface area contributed by atoms with E-state index in [2.05, 4.69) is 15.0 Å². The molecule has 2 rings (SSSR count). The molecule has 0 radical (unpaired) electrons. The Morgan fingerprint density at radius 3 is 2.62 bits per heavy atom. The minimum atomic E-state index is -0.870. The van der Waals surface area contributed by atoms with Crippen LogP contribution in [0.1, 0.15) is 19.0 Å². The first-order chi connectivity index (χ1) is 10.1. The topological polar surface area (TPSA) is 79.2 Å². The van der Waals surface area contributed by atoms with Gasteiger partial charge in [-0.05, 0) is 25.5 Å². The van der Waals surface area contributed by atoms with Gasteiger partial charge in [0.05, 0.1) is 0 Å². The smallest absolute Gasteiger partial charge is 0.323 e. The fourth-order valence-electron chi connectivity index (χ4n) is 2.05. The number of hydrogen-bond acceptors (Lipinski definition) is 5. The van der Waals surface area contributed by atoms with Crippen molar-refractivity contribution < 1.29 is 9.90 Å². The fraction of sp³-hybridized carbons (Fsp3) is 0.333. The van der Waals surface area contributed by atoms with Crippen molar-refractivity contribution in [2.75, 3.05) is 18.0 Å². The van der Waals surface area contributed by atoms with Gasteiger partial charge in [-0.15, -0.1) is 0 Å². The lowest BCUT2D eigenvalue weighted by atomic mass is 10.2. The van der Waals surface area contributed by atoms with E-state index in [1.54, 1.807) is 17.3 Å². The second-order valence-corrected chi connectivity index (χ2v) is 4.74. The lowest BCUT2D eigenvalue weighted by molar-refractivity contribution is -0.135. The Hall–Kier alpha value is -2.50. The molecule has 0 amide bonds. The monoisotopic (exact) mass is 286 g/mol. The maximum absolute atomic E-state index is 11.0. The normalized spacial score (nSPS) is 10.4. The Morgan fingerprint density at radius 1 is 1.29 bits per heavy atom. The zero-order valence-electron chi connectivity index (χ0n) is 12.2. The molecule has 6 heteroatoms. The van der Waals surface area contributed by atoms with Crippen molar-refractivity contribution in [2.45, 2.75) is 20.3 Å². The molecule has 21 heavy (non-hydrogen) atoms. The third kappa shape index (κ3) is 3.98. The van der Waals surface area contributed by atoms with Gasteiger partial charge in [0.1, 0.15) is 12.4 Å². The van der Waals surface area contributed by atoms with Crippen molar-refractivity contribution in [3.05, 3.63) is 36.3 Å². The van der Waals surface area contributed by atoms with E-state index in [0.29, 0.717) is 18.2 Å². The van der Waals surface area contributed by atoms with Crippen LogP contribution >= 0.6 is 0 Å². The van der Waals surface area contributed by atoms with E-state index in [1.165, 1.54) is 0 Å². The van der Waals surface area contributed by atoms with Crippen LogP contribution in [0.25, 0.3) is 11.4 Å². The summed E-state index contributed by atoms with van der Waals surface area (Å²) >= 11 is 0. The van der Waals surface area contributed by atoms with Gasteiger partial charge in [0.15, 0.2) is 5.82 Å². The van der Waals surface area contributed by atoms with Crippen LogP contribution in [0.4, 0.5) is 5.82 Å². The summed E-state index contributed by atoms with van der Waals surface area (Å²) in [7, 11) is 0. The van der Waals surface area contributed by atoms with E-state index >= 15 is 0 Å². The number of carboxylic acid groups (broad SMARTS) is 1. The molecule has 2 heterocycles. The summed E-state index contributed by atoms with van der Waals surface area (Å²) in [6, 6.07) is 5.48. The molecule has 0 aliphatic rings. The van der Waals surface area contributed by atoms with Crippen molar-refractivity contribution in [1.29, 1.82) is 0 Å². The summed E-state index contributed by atoms with van der Waals surface area (Å²) in [5, 5.41) is 9.03. The van der Waals surface area contributed by atoms with Crippen molar-refractivity contribution >= 4 is 11.8 Å². The van der Waals surface area contributed by atoms with Gasteiger partial charge in [0.25, 0.3) is 0 Å². The van der Waals surface area contributed by atoms with Gasteiger partial charge in [-0.3, -0.25) is 9.78 Å². The van der Waals surface area contributed by atoms with Crippen LogP contribution in [0.3, 0.4) is 0 Å². The van der Waals surface area contributed by atoms with Gasteiger partial charge in [0, 0.05) is 36.3 Å². The number of aromatic nitrogens is 3. The van der Waals surface area contributed by atoms with E-state index < -0.39 is 5.97 Å². The predicted molar refractivity (Wildman–Crippen MR) is 80.1 cm³/mol. The van der Waals surface area contributed by atoms with Gasteiger partial charge < -0.3 is 10.0 Å². The molecule has 1 N–H and O–H groups in total. The van der Waals surface area contributed by atoms with Crippen molar-refractivity contribution in [3.8, 4) is 11.4 Å². The van der Waals surface area contributed by atoms with E-state index in [9.17, 15) is 4.79 Å². The SMILES string of the molecule is CCCN(CC(=O)O)c1cc(C)nc(-c2ccncc2)n1. The largest absolute Gasteiger partial charge is 0.480 e. The molecule has 0 aliphatic heterocycles. The standard InChI is InChI=1S/C15H18N4O2/c1-3-8-19(10-14(20)21)13-9-11(2)17-15(18-13)12-4-6-16-7-5-12/h4-7,9H,3,8,10H2,1-2H3,(H,20,21). The quantitative estimate of drug-likeness (QED) is 0.876. The number of aliphatic carboxylic acids is 1. The number of aryl methyl sites for hydroxylation is 1. The maximum atomic E-state index is 11.0. The maximum Gasteiger partial charge on any atom is 0.323 e. The zero-order valence-corrected chi connectivity index (χ0v) is 12.2. The van der Waals surface area contributed by atoms with Crippen LogP contribution in [0.2, 0.25) is 0 Å². The summed E-state index contributed by atoms with van der Waals surface area (Å²) < 4.78 is 0. The molecule has 0 unspecified atom stereocenters. The van der Waals surface area contributed by atoms with E-state index in [-0.39, 0.29) is 6.54 Å². The van der Waals surface area contributed by atoms with Crippen molar-refractivity contribution in [1.82, 2.24) is 15.0 Å². The molecular formula is C15H18N4O2. The van der Waals surface area contributed by atoms with Gasteiger partial charge in [-0.25, -0.2) is 9.97 Å². The molecule has 0 atom stereocenters. The highest BCUT2D eigenvalue weighted by Crippen LogP contribution is 2.19.